The van der Waals surface area contributed by atoms with Crippen LogP contribution in [0.25, 0.3) is 122 Å². The van der Waals surface area contributed by atoms with Gasteiger partial charge >= 0.3 is 0 Å². The minimum Gasteiger partial charge on any atom is -0.456 e. The van der Waals surface area contributed by atoms with Crippen molar-refractivity contribution in [2.24, 2.45) is 0 Å². The zero-order valence-electron chi connectivity index (χ0n) is 32.7. The summed E-state index contributed by atoms with van der Waals surface area (Å²) in [6, 6.07) is 70.3. The summed E-state index contributed by atoms with van der Waals surface area (Å²) in [5.41, 5.74) is 11.1. The van der Waals surface area contributed by atoms with E-state index in [9.17, 15) is 0 Å². The van der Waals surface area contributed by atoms with E-state index in [1.54, 1.807) is 0 Å². The lowest BCUT2D eigenvalue weighted by atomic mass is 10.0. The molecule has 13 rings (SSSR count). The molecule has 0 aliphatic heterocycles. The second-order valence-electron chi connectivity index (χ2n) is 15.6. The van der Waals surface area contributed by atoms with Crippen LogP contribution in [0.2, 0.25) is 0 Å². The Morgan fingerprint density at radius 1 is 0.344 bits per heavy atom. The Morgan fingerprint density at radius 2 is 0.918 bits per heavy atom. The smallest absolute Gasteiger partial charge is 0.238 e. The quantitative estimate of drug-likeness (QED) is 0.175. The molecule has 0 spiro atoms. The van der Waals surface area contributed by atoms with Crippen LogP contribution in [0.1, 0.15) is 0 Å². The third-order valence-corrected chi connectivity index (χ3v) is 12.2. The first kappa shape index (κ1) is 33.6. The van der Waals surface area contributed by atoms with Crippen molar-refractivity contribution in [3.05, 3.63) is 200 Å². The normalized spacial score (nSPS) is 11.9. The molecule has 0 fully saturated rings. The predicted molar refractivity (Wildman–Crippen MR) is 250 cm³/mol. The summed E-state index contributed by atoms with van der Waals surface area (Å²) in [5, 5.41) is 9.07. The number of rotatable bonds is 5. The zero-order valence-corrected chi connectivity index (χ0v) is 32.7. The lowest BCUT2D eigenvalue weighted by Crippen LogP contribution is -2.06. The lowest BCUT2D eigenvalue weighted by Gasteiger charge is -2.12. The van der Waals surface area contributed by atoms with E-state index in [1.807, 2.05) is 24.3 Å². The third-order valence-electron chi connectivity index (χ3n) is 12.2. The van der Waals surface area contributed by atoms with Gasteiger partial charge in [-0.1, -0.05) is 152 Å². The van der Waals surface area contributed by atoms with E-state index in [-0.39, 0.29) is 0 Å². The van der Waals surface area contributed by atoms with Crippen molar-refractivity contribution in [3.63, 3.8) is 0 Å². The minimum atomic E-state index is 0.541. The van der Waals surface area contributed by atoms with E-state index in [2.05, 4.69) is 185 Å². The van der Waals surface area contributed by atoms with Gasteiger partial charge in [-0.25, -0.2) is 4.98 Å². The maximum absolute atomic E-state index is 6.38. The van der Waals surface area contributed by atoms with E-state index in [0.29, 0.717) is 17.6 Å². The number of furan rings is 1. The third kappa shape index (κ3) is 5.12. The minimum absolute atomic E-state index is 0.541. The number of hydrogen-bond acceptors (Lipinski definition) is 4. The summed E-state index contributed by atoms with van der Waals surface area (Å²) in [7, 11) is 0. The highest BCUT2D eigenvalue weighted by molar-refractivity contribution is 6.31. The Morgan fingerprint density at radius 3 is 1.74 bits per heavy atom. The second kappa shape index (κ2) is 13.1. The van der Waals surface area contributed by atoms with Gasteiger partial charge in [0.05, 0.1) is 22.1 Å². The fourth-order valence-electron chi connectivity index (χ4n) is 9.42. The summed E-state index contributed by atoms with van der Waals surface area (Å²) in [4.78, 5) is 16.0. The van der Waals surface area contributed by atoms with Gasteiger partial charge in [0, 0.05) is 54.5 Å². The molecule has 4 heterocycles. The molecule has 0 aliphatic rings. The Balaban J connectivity index is 1.12. The standard InChI is InChI=1S/C55H33N5O/c1-3-13-34(14-4-1)35-23-25-37(26-24-35)53-56-54(38-28-29-42-41-19-10-12-22-48(41)61-49(42)33-38)58-55(57-53)60-47-32-31-46-50(51(47)44-30-27-36-15-7-8-18-40(36)52(44)60)43-20-9-11-21-45(43)59(46)39-16-5-2-6-17-39/h1-33H. The predicted octanol–water partition coefficient (Wildman–Crippen LogP) is 14.1. The van der Waals surface area contributed by atoms with Crippen LogP contribution < -0.4 is 0 Å². The van der Waals surface area contributed by atoms with Crippen LogP contribution >= 0.6 is 0 Å². The average molecular weight is 780 g/mol. The molecule has 6 nitrogen and oxygen atoms in total. The highest BCUT2D eigenvalue weighted by atomic mass is 16.3. The van der Waals surface area contributed by atoms with Crippen molar-refractivity contribution in [1.29, 1.82) is 0 Å². The number of fused-ring (bicyclic) bond motifs is 12. The van der Waals surface area contributed by atoms with Crippen molar-refractivity contribution in [1.82, 2.24) is 24.1 Å². The summed E-state index contributed by atoms with van der Waals surface area (Å²) < 4.78 is 11.0. The Labute approximate surface area is 349 Å². The van der Waals surface area contributed by atoms with Crippen LogP contribution in [0.3, 0.4) is 0 Å². The van der Waals surface area contributed by atoms with E-state index in [0.717, 1.165) is 93.5 Å². The molecule has 0 atom stereocenters. The van der Waals surface area contributed by atoms with Crippen molar-refractivity contribution in [2.75, 3.05) is 0 Å². The molecule has 6 heteroatoms. The maximum Gasteiger partial charge on any atom is 0.238 e. The first-order chi connectivity index (χ1) is 30.2. The van der Waals surface area contributed by atoms with Gasteiger partial charge in [-0.15, -0.1) is 0 Å². The summed E-state index contributed by atoms with van der Waals surface area (Å²) in [6.45, 7) is 0. The summed E-state index contributed by atoms with van der Waals surface area (Å²) >= 11 is 0. The molecule has 61 heavy (non-hydrogen) atoms. The van der Waals surface area contributed by atoms with Gasteiger partial charge in [-0.2, -0.15) is 9.97 Å². The largest absolute Gasteiger partial charge is 0.456 e. The van der Waals surface area contributed by atoms with Crippen molar-refractivity contribution in [3.8, 4) is 45.5 Å². The van der Waals surface area contributed by atoms with E-state index >= 15 is 0 Å². The average Bonchev–Trinajstić information content (AvgIpc) is 3.99. The molecule has 0 saturated heterocycles. The molecule has 0 N–H and O–H groups in total. The van der Waals surface area contributed by atoms with Gasteiger partial charge < -0.3 is 8.98 Å². The van der Waals surface area contributed by atoms with Crippen molar-refractivity contribution < 1.29 is 4.42 Å². The summed E-state index contributed by atoms with van der Waals surface area (Å²) in [6.07, 6.45) is 0. The zero-order chi connectivity index (χ0) is 40.0. The molecule has 0 saturated carbocycles. The molecule has 0 radical (unpaired) electrons. The number of nitrogens with zero attached hydrogens (tertiary/aromatic N) is 5. The number of para-hydroxylation sites is 3. The van der Waals surface area contributed by atoms with Crippen molar-refractivity contribution in [2.45, 2.75) is 0 Å². The topological polar surface area (TPSA) is 61.7 Å². The molecule has 13 aromatic rings. The molecule has 0 unspecified atom stereocenters. The highest BCUT2D eigenvalue weighted by Gasteiger charge is 2.24. The van der Waals surface area contributed by atoms with E-state index in [1.165, 1.54) is 10.8 Å². The Bertz CT molecular complexity index is 3860. The first-order valence-electron chi connectivity index (χ1n) is 20.5. The van der Waals surface area contributed by atoms with Gasteiger partial charge in [0.1, 0.15) is 11.2 Å². The van der Waals surface area contributed by atoms with Gasteiger partial charge in [-0.3, -0.25) is 4.57 Å². The van der Waals surface area contributed by atoms with Crippen LogP contribution in [-0.2, 0) is 0 Å². The molecule has 284 valence electrons. The Kier molecular flexibility index (Phi) is 7.21. The Hall–Kier alpha value is -8.35. The summed E-state index contributed by atoms with van der Waals surface area (Å²) in [5.74, 6) is 1.69. The molecular formula is C55H33N5O. The molecule has 0 bridgehead atoms. The molecule has 4 aromatic heterocycles. The van der Waals surface area contributed by atoms with Gasteiger partial charge in [0.25, 0.3) is 0 Å². The fraction of sp³-hybridized carbons (Fsp3) is 0. The van der Waals surface area contributed by atoms with Gasteiger partial charge in [0.15, 0.2) is 11.6 Å². The van der Waals surface area contributed by atoms with E-state index in [4.69, 9.17) is 19.4 Å². The van der Waals surface area contributed by atoms with Crippen LogP contribution in [0, 0.1) is 0 Å². The first-order valence-corrected chi connectivity index (χ1v) is 20.5. The van der Waals surface area contributed by atoms with Crippen LogP contribution in [0.5, 0.6) is 0 Å². The van der Waals surface area contributed by atoms with E-state index < -0.39 is 0 Å². The van der Waals surface area contributed by atoms with Crippen LogP contribution in [0.15, 0.2) is 205 Å². The maximum atomic E-state index is 6.38. The molecule has 9 aromatic carbocycles. The van der Waals surface area contributed by atoms with Gasteiger partial charge in [-0.05, 0) is 65.0 Å². The fourth-order valence-corrected chi connectivity index (χ4v) is 9.42. The molecule has 0 amide bonds. The highest BCUT2D eigenvalue weighted by Crippen LogP contribution is 2.44. The monoisotopic (exact) mass is 779 g/mol. The lowest BCUT2D eigenvalue weighted by molar-refractivity contribution is 0.669. The second-order valence-corrected chi connectivity index (χ2v) is 15.6. The van der Waals surface area contributed by atoms with Gasteiger partial charge in [0.2, 0.25) is 5.95 Å². The number of benzene rings is 9. The molecular weight excluding hydrogens is 747 g/mol. The van der Waals surface area contributed by atoms with Crippen LogP contribution in [0.4, 0.5) is 0 Å². The number of aromatic nitrogens is 5. The van der Waals surface area contributed by atoms with Crippen LogP contribution in [-0.4, -0.2) is 24.1 Å². The van der Waals surface area contributed by atoms with Crippen molar-refractivity contribution >= 4 is 76.3 Å². The molecule has 0 aliphatic carbocycles. The SMILES string of the molecule is c1ccc(-c2ccc(-c3nc(-c4ccc5c(c4)oc4ccccc45)nc(-n4c5ccc6c(c7ccccc7n6-c6ccccc6)c5c5ccc6ccccc6c54)n3)cc2)cc1. The number of hydrogen-bond donors (Lipinski definition) is 0.